The van der Waals surface area contributed by atoms with Crippen molar-refractivity contribution < 1.29 is 10.0 Å². The van der Waals surface area contributed by atoms with Gasteiger partial charge in [0.15, 0.2) is 0 Å². The van der Waals surface area contributed by atoms with Crippen molar-refractivity contribution in [3.8, 4) is 0 Å². The van der Waals surface area contributed by atoms with Gasteiger partial charge in [0.2, 0.25) is 0 Å². The SMILES string of the molecule is Nc1ccc(C=CCO)cc1[N+](=O)[O-]. The van der Waals surface area contributed by atoms with Gasteiger partial charge in [-0.25, -0.2) is 0 Å². The Morgan fingerprint density at radius 3 is 2.86 bits per heavy atom. The fourth-order valence-corrected chi connectivity index (χ4v) is 1.01. The summed E-state index contributed by atoms with van der Waals surface area (Å²) in [6.07, 6.45) is 3.09. The molecule has 0 heterocycles. The highest BCUT2D eigenvalue weighted by molar-refractivity contribution is 5.64. The fourth-order valence-electron chi connectivity index (χ4n) is 1.01. The van der Waals surface area contributed by atoms with Gasteiger partial charge in [-0.1, -0.05) is 18.2 Å². The lowest BCUT2D eigenvalue weighted by atomic mass is 10.1. The molecule has 0 aliphatic heterocycles. The molecular formula is C9H10N2O3. The van der Waals surface area contributed by atoms with E-state index in [2.05, 4.69) is 0 Å². The van der Waals surface area contributed by atoms with Crippen molar-refractivity contribution in [2.45, 2.75) is 0 Å². The number of aliphatic hydroxyl groups excluding tert-OH is 1. The van der Waals surface area contributed by atoms with Crippen molar-refractivity contribution >= 4 is 17.5 Å². The molecule has 1 rings (SSSR count). The summed E-state index contributed by atoms with van der Waals surface area (Å²) in [6.45, 7) is -0.0990. The summed E-state index contributed by atoms with van der Waals surface area (Å²) in [7, 11) is 0. The van der Waals surface area contributed by atoms with Gasteiger partial charge in [-0.15, -0.1) is 0 Å². The van der Waals surface area contributed by atoms with E-state index in [9.17, 15) is 10.1 Å². The predicted octanol–water partition coefficient (Wildman–Crippen LogP) is 1.18. The summed E-state index contributed by atoms with van der Waals surface area (Å²) in [4.78, 5) is 9.96. The van der Waals surface area contributed by atoms with Crippen LogP contribution < -0.4 is 5.73 Å². The van der Waals surface area contributed by atoms with Crippen LogP contribution >= 0.6 is 0 Å². The molecule has 14 heavy (non-hydrogen) atoms. The van der Waals surface area contributed by atoms with E-state index in [1.165, 1.54) is 18.2 Å². The van der Waals surface area contributed by atoms with Crippen molar-refractivity contribution in [2.24, 2.45) is 0 Å². The van der Waals surface area contributed by atoms with E-state index in [0.29, 0.717) is 5.56 Å². The maximum Gasteiger partial charge on any atom is 0.292 e. The van der Waals surface area contributed by atoms with Crippen LogP contribution in [0.5, 0.6) is 0 Å². The van der Waals surface area contributed by atoms with Gasteiger partial charge in [0.1, 0.15) is 5.69 Å². The number of benzene rings is 1. The lowest BCUT2D eigenvalue weighted by molar-refractivity contribution is -0.383. The Balaban J connectivity index is 3.06. The molecule has 0 atom stereocenters. The standard InChI is InChI=1S/C9H10N2O3/c10-8-4-3-7(2-1-5-12)6-9(8)11(13)14/h1-4,6,12H,5,10H2. The first-order valence-corrected chi connectivity index (χ1v) is 3.96. The second kappa shape index (κ2) is 4.38. The molecule has 0 aliphatic rings. The first kappa shape index (κ1) is 10.2. The fraction of sp³-hybridized carbons (Fsp3) is 0.111. The number of nitrogens with zero attached hydrogens (tertiary/aromatic N) is 1. The molecule has 0 spiro atoms. The first-order chi connectivity index (χ1) is 6.65. The molecule has 5 heteroatoms. The average molecular weight is 194 g/mol. The normalized spacial score (nSPS) is 10.6. The zero-order valence-electron chi connectivity index (χ0n) is 7.38. The first-order valence-electron chi connectivity index (χ1n) is 3.96. The van der Waals surface area contributed by atoms with E-state index >= 15 is 0 Å². The van der Waals surface area contributed by atoms with E-state index in [1.807, 2.05) is 0 Å². The molecule has 5 nitrogen and oxygen atoms in total. The molecule has 0 aliphatic carbocycles. The van der Waals surface area contributed by atoms with Crippen molar-refractivity contribution in [1.82, 2.24) is 0 Å². The number of hydrogen-bond acceptors (Lipinski definition) is 4. The maximum absolute atomic E-state index is 10.5. The average Bonchev–Trinajstić information content (AvgIpc) is 2.16. The van der Waals surface area contributed by atoms with Gasteiger partial charge in [-0.2, -0.15) is 0 Å². The number of nitrogen functional groups attached to an aromatic ring is 1. The molecule has 0 amide bonds. The van der Waals surface area contributed by atoms with Crippen molar-refractivity contribution in [2.75, 3.05) is 12.3 Å². The number of anilines is 1. The maximum atomic E-state index is 10.5. The minimum absolute atomic E-state index is 0.0990. The predicted molar refractivity (Wildman–Crippen MR) is 53.6 cm³/mol. The summed E-state index contributed by atoms with van der Waals surface area (Å²) in [6, 6.07) is 4.48. The second-order valence-electron chi connectivity index (χ2n) is 2.66. The van der Waals surface area contributed by atoms with Crippen LogP contribution in [0, 0.1) is 10.1 Å². The van der Waals surface area contributed by atoms with Gasteiger partial charge in [0, 0.05) is 6.07 Å². The zero-order chi connectivity index (χ0) is 10.6. The van der Waals surface area contributed by atoms with Crippen LogP contribution in [0.15, 0.2) is 24.3 Å². The second-order valence-corrected chi connectivity index (χ2v) is 2.66. The third-order valence-corrected chi connectivity index (χ3v) is 1.67. The Labute approximate surface area is 80.6 Å². The van der Waals surface area contributed by atoms with Gasteiger partial charge in [-0.05, 0) is 11.6 Å². The third kappa shape index (κ3) is 2.30. The molecule has 3 N–H and O–H groups in total. The van der Waals surface area contributed by atoms with E-state index in [0.717, 1.165) is 0 Å². The lowest BCUT2D eigenvalue weighted by Gasteiger charge is -1.98. The number of aliphatic hydroxyl groups is 1. The minimum atomic E-state index is -0.536. The minimum Gasteiger partial charge on any atom is -0.393 e. The van der Waals surface area contributed by atoms with Gasteiger partial charge in [-0.3, -0.25) is 10.1 Å². The summed E-state index contributed by atoms with van der Waals surface area (Å²) in [5.74, 6) is 0. The van der Waals surface area contributed by atoms with E-state index in [-0.39, 0.29) is 18.0 Å². The van der Waals surface area contributed by atoms with Gasteiger partial charge in [0.25, 0.3) is 5.69 Å². The molecule has 0 saturated carbocycles. The van der Waals surface area contributed by atoms with Crippen LogP contribution in [0.1, 0.15) is 5.56 Å². The Morgan fingerprint density at radius 1 is 1.57 bits per heavy atom. The molecule has 0 saturated heterocycles. The molecule has 0 unspecified atom stereocenters. The Kier molecular flexibility index (Phi) is 3.19. The van der Waals surface area contributed by atoms with Crippen LogP contribution in [-0.2, 0) is 0 Å². The van der Waals surface area contributed by atoms with Crippen molar-refractivity contribution in [3.63, 3.8) is 0 Å². The Hall–Kier alpha value is -1.88. The number of nitro benzene ring substituents is 1. The lowest BCUT2D eigenvalue weighted by Crippen LogP contribution is -1.95. The Bertz CT molecular complexity index is 374. The van der Waals surface area contributed by atoms with Crippen LogP contribution in [0.25, 0.3) is 6.08 Å². The summed E-state index contributed by atoms with van der Waals surface area (Å²) >= 11 is 0. The number of hydrogen-bond donors (Lipinski definition) is 2. The third-order valence-electron chi connectivity index (χ3n) is 1.67. The highest BCUT2D eigenvalue weighted by Gasteiger charge is 2.10. The number of nitro groups is 1. The molecule has 0 bridgehead atoms. The van der Waals surface area contributed by atoms with E-state index < -0.39 is 4.92 Å². The van der Waals surface area contributed by atoms with Crippen LogP contribution in [0.2, 0.25) is 0 Å². The van der Waals surface area contributed by atoms with E-state index in [4.69, 9.17) is 10.8 Å². The Morgan fingerprint density at radius 2 is 2.29 bits per heavy atom. The smallest absolute Gasteiger partial charge is 0.292 e. The van der Waals surface area contributed by atoms with Crippen molar-refractivity contribution in [1.29, 1.82) is 0 Å². The van der Waals surface area contributed by atoms with Crippen LogP contribution in [0.3, 0.4) is 0 Å². The molecule has 0 aromatic heterocycles. The molecule has 0 radical (unpaired) electrons. The number of nitrogens with two attached hydrogens (primary N) is 1. The molecule has 74 valence electrons. The molecule has 1 aromatic rings. The monoisotopic (exact) mass is 194 g/mol. The van der Waals surface area contributed by atoms with Gasteiger partial charge >= 0.3 is 0 Å². The molecular weight excluding hydrogens is 184 g/mol. The van der Waals surface area contributed by atoms with Crippen LogP contribution in [0.4, 0.5) is 11.4 Å². The number of rotatable bonds is 3. The highest BCUT2D eigenvalue weighted by atomic mass is 16.6. The van der Waals surface area contributed by atoms with Gasteiger partial charge < -0.3 is 10.8 Å². The quantitative estimate of drug-likeness (QED) is 0.429. The van der Waals surface area contributed by atoms with E-state index in [1.54, 1.807) is 12.1 Å². The summed E-state index contributed by atoms with van der Waals surface area (Å²) < 4.78 is 0. The summed E-state index contributed by atoms with van der Waals surface area (Å²) in [5, 5.41) is 19.0. The van der Waals surface area contributed by atoms with Crippen molar-refractivity contribution in [3.05, 3.63) is 40.0 Å². The van der Waals surface area contributed by atoms with Crippen LogP contribution in [-0.4, -0.2) is 16.6 Å². The topological polar surface area (TPSA) is 89.4 Å². The largest absolute Gasteiger partial charge is 0.393 e. The highest BCUT2D eigenvalue weighted by Crippen LogP contribution is 2.22. The zero-order valence-corrected chi connectivity index (χ0v) is 7.38. The molecule has 1 aromatic carbocycles. The van der Waals surface area contributed by atoms with Gasteiger partial charge in [0.05, 0.1) is 11.5 Å². The summed E-state index contributed by atoms with van der Waals surface area (Å²) in [5.41, 5.74) is 6.06. The molecule has 0 fully saturated rings.